The van der Waals surface area contributed by atoms with Crippen molar-refractivity contribution >= 4 is 35.3 Å². The molecule has 12 heteroatoms. The van der Waals surface area contributed by atoms with Crippen LogP contribution in [0.3, 0.4) is 0 Å². The Morgan fingerprint density at radius 1 is 0.692 bits per heavy atom. The van der Waals surface area contributed by atoms with Crippen molar-refractivity contribution in [1.82, 2.24) is 0 Å². The van der Waals surface area contributed by atoms with Gasteiger partial charge in [-0.2, -0.15) is 0 Å². The van der Waals surface area contributed by atoms with E-state index in [2.05, 4.69) is 5.32 Å². The number of nitrogens with two attached hydrogens (primary N) is 3. The highest BCUT2D eigenvalue weighted by Gasteiger charge is 2.25. The van der Waals surface area contributed by atoms with Crippen LogP contribution in [0.5, 0.6) is 0 Å². The molecule has 2 aromatic rings. The highest BCUT2D eigenvalue weighted by Crippen LogP contribution is 2.11. The van der Waals surface area contributed by atoms with Gasteiger partial charge in [0.15, 0.2) is 12.2 Å². The van der Waals surface area contributed by atoms with Crippen molar-refractivity contribution < 1.29 is 38.1 Å². The van der Waals surface area contributed by atoms with Gasteiger partial charge in [0.2, 0.25) is 0 Å². The second-order valence-electron chi connectivity index (χ2n) is 8.80. The number of carbonyl (C=O) groups is 4. The van der Waals surface area contributed by atoms with Crippen LogP contribution >= 0.6 is 0 Å². The lowest BCUT2D eigenvalue weighted by molar-refractivity contribution is -0.172. The van der Waals surface area contributed by atoms with Crippen molar-refractivity contribution in [1.29, 1.82) is 0 Å². The summed E-state index contributed by atoms with van der Waals surface area (Å²) in [5.41, 5.74) is 20.5. The molecule has 2 aromatic carbocycles. The zero-order valence-corrected chi connectivity index (χ0v) is 22.3. The zero-order chi connectivity index (χ0) is 28.9. The quantitative estimate of drug-likeness (QED) is 0.113. The summed E-state index contributed by atoms with van der Waals surface area (Å²) < 4.78 is 20.1. The SMILES string of the molecule is CNc1ccc(CC(N)C(=O)OC(C)C(=O)OCCOC(=O)C(C)OC(=O)C(N)Cc2ccc(N)cc2)cc1. The first kappa shape index (κ1) is 31.1. The van der Waals surface area contributed by atoms with E-state index in [1.807, 2.05) is 24.3 Å². The number of nitrogens with one attached hydrogen (secondary N) is 1. The number of rotatable bonds is 14. The van der Waals surface area contributed by atoms with E-state index in [-0.39, 0.29) is 26.1 Å². The van der Waals surface area contributed by atoms with Crippen molar-refractivity contribution in [3.05, 3.63) is 59.7 Å². The molecule has 0 aliphatic carbocycles. The molecule has 4 unspecified atom stereocenters. The predicted octanol–water partition coefficient (Wildman–Crippen LogP) is 0.700. The number of carbonyl (C=O) groups excluding carboxylic acids is 4. The molecule has 39 heavy (non-hydrogen) atoms. The monoisotopic (exact) mass is 544 g/mol. The minimum atomic E-state index is -1.22. The first-order valence-electron chi connectivity index (χ1n) is 12.4. The third kappa shape index (κ3) is 10.6. The molecular weight excluding hydrogens is 508 g/mol. The fourth-order valence-electron chi connectivity index (χ4n) is 3.27. The van der Waals surface area contributed by atoms with Crippen LogP contribution in [0.1, 0.15) is 25.0 Å². The first-order chi connectivity index (χ1) is 18.5. The minimum absolute atomic E-state index is 0.203. The molecule has 12 nitrogen and oxygen atoms in total. The Kier molecular flexibility index (Phi) is 12.2. The highest BCUT2D eigenvalue weighted by molar-refractivity contribution is 5.82. The van der Waals surface area contributed by atoms with Crippen molar-refractivity contribution in [2.45, 2.75) is 51.0 Å². The van der Waals surface area contributed by atoms with Gasteiger partial charge in [-0.15, -0.1) is 0 Å². The average molecular weight is 545 g/mol. The fraction of sp³-hybridized carbons (Fsp3) is 0.407. The van der Waals surface area contributed by atoms with E-state index in [0.29, 0.717) is 5.69 Å². The molecule has 4 atom stereocenters. The van der Waals surface area contributed by atoms with Crippen LogP contribution < -0.4 is 22.5 Å². The number of anilines is 2. The molecule has 212 valence electrons. The van der Waals surface area contributed by atoms with E-state index in [1.165, 1.54) is 13.8 Å². The molecule has 2 rings (SSSR count). The van der Waals surface area contributed by atoms with Gasteiger partial charge in [0.1, 0.15) is 25.3 Å². The summed E-state index contributed by atoms with van der Waals surface area (Å²) in [6, 6.07) is 12.3. The van der Waals surface area contributed by atoms with Crippen LogP contribution in [0, 0.1) is 0 Å². The molecule has 0 saturated carbocycles. The van der Waals surface area contributed by atoms with Crippen molar-refractivity contribution in [3.63, 3.8) is 0 Å². The summed E-state index contributed by atoms with van der Waals surface area (Å²) in [5.74, 6) is -3.20. The van der Waals surface area contributed by atoms with E-state index in [4.69, 9.17) is 36.1 Å². The van der Waals surface area contributed by atoms with Gasteiger partial charge in [-0.3, -0.25) is 9.59 Å². The highest BCUT2D eigenvalue weighted by atomic mass is 16.6. The number of esters is 4. The second-order valence-corrected chi connectivity index (χ2v) is 8.80. The third-order valence-corrected chi connectivity index (χ3v) is 5.56. The van der Waals surface area contributed by atoms with E-state index in [0.717, 1.165) is 16.8 Å². The lowest BCUT2D eigenvalue weighted by Crippen LogP contribution is -2.39. The van der Waals surface area contributed by atoms with Crippen LogP contribution in [0.4, 0.5) is 11.4 Å². The minimum Gasteiger partial charge on any atom is -0.459 e. The summed E-state index contributed by atoms with van der Waals surface area (Å²) in [6.45, 7) is 2.08. The van der Waals surface area contributed by atoms with E-state index in [1.54, 1.807) is 31.3 Å². The van der Waals surface area contributed by atoms with Gasteiger partial charge in [0.05, 0.1) is 0 Å². The third-order valence-electron chi connectivity index (χ3n) is 5.56. The second kappa shape index (κ2) is 15.3. The number of ether oxygens (including phenoxy) is 4. The van der Waals surface area contributed by atoms with Crippen LogP contribution in [0.25, 0.3) is 0 Å². The van der Waals surface area contributed by atoms with Gasteiger partial charge in [0.25, 0.3) is 0 Å². The van der Waals surface area contributed by atoms with Crippen LogP contribution in [-0.2, 0) is 51.0 Å². The van der Waals surface area contributed by atoms with Crippen LogP contribution in [0.15, 0.2) is 48.5 Å². The summed E-state index contributed by atoms with van der Waals surface area (Å²) >= 11 is 0. The van der Waals surface area contributed by atoms with Gasteiger partial charge >= 0.3 is 23.9 Å². The van der Waals surface area contributed by atoms with Gasteiger partial charge < -0.3 is 41.5 Å². The standard InChI is InChI=1S/C27H36N4O8/c1-16(38-26(34)22(29)14-18-4-8-20(28)9-5-18)24(32)36-12-13-37-25(33)17(2)39-27(35)23(30)15-19-6-10-21(31-3)11-7-19/h4-11,16-17,22-23,31H,12-15,28-30H2,1-3H3. The maximum atomic E-state index is 12.2. The molecule has 0 heterocycles. The Balaban J connectivity index is 1.66. The molecular formula is C27H36N4O8. The number of hydrogen-bond acceptors (Lipinski definition) is 12. The van der Waals surface area contributed by atoms with Crippen molar-refractivity contribution in [2.75, 3.05) is 31.3 Å². The Morgan fingerprint density at radius 3 is 1.46 bits per heavy atom. The molecule has 0 aromatic heterocycles. The summed E-state index contributed by atoms with van der Waals surface area (Å²) in [7, 11) is 1.79. The molecule has 0 aliphatic heterocycles. The average Bonchev–Trinajstić information content (AvgIpc) is 2.92. The maximum Gasteiger partial charge on any atom is 0.347 e. The van der Waals surface area contributed by atoms with Gasteiger partial charge in [-0.25, -0.2) is 9.59 Å². The molecule has 0 saturated heterocycles. The molecule has 0 bridgehead atoms. The summed E-state index contributed by atoms with van der Waals surface area (Å²) in [4.78, 5) is 48.6. The maximum absolute atomic E-state index is 12.2. The number of benzene rings is 2. The first-order valence-corrected chi connectivity index (χ1v) is 12.4. The Bertz CT molecular complexity index is 1110. The topological polar surface area (TPSA) is 195 Å². The largest absolute Gasteiger partial charge is 0.459 e. The molecule has 0 spiro atoms. The lowest BCUT2D eigenvalue weighted by Gasteiger charge is -2.17. The normalized spacial score (nSPS) is 13.8. The summed E-state index contributed by atoms with van der Waals surface area (Å²) in [6.07, 6.45) is -2.00. The smallest absolute Gasteiger partial charge is 0.347 e. The van der Waals surface area contributed by atoms with E-state index >= 15 is 0 Å². The van der Waals surface area contributed by atoms with Gasteiger partial charge in [-0.05, 0) is 62.1 Å². The summed E-state index contributed by atoms with van der Waals surface area (Å²) in [5, 5.41) is 2.99. The van der Waals surface area contributed by atoms with Gasteiger partial charge in [-0.1, -0.05) is 24.3 Å². The molecule has 0 radical (unpaired) electrons. The Morgan fingerprint density at radius 2 is 1.08 bits per heavy atom. The van der Waals surface area contributed by atoms with Crippen LogP contribution in [0.2, 0.25) is 0 Å². The van der Waals surface area contributed by atoms with Crippen molar-refractivity contribution in [3.8, 4) is 0 Å². The number of hydrogen-bond donors (Lipinski definition) is 4. The Hall–Kier alpha value is -4.16. The Labute approximate surface area is 227 Å². The van der Waals surface area contributed by atoms with E-state index in [9.17, 15) is 19.2 Å². The van der Waals surface area contributed by atoms with Crippen molar-refractivity contribution in [2.24, 2.45) is 11.5 Å². The van der Waals surface area contributed by atoms with Crippen LogP contribution in [-0.4, -0.2) is 68.4 Å². The number of nitrogen functional groups attached to an aromatic ring is 1. The lowest BCUT2D eigenvalue weighted by atomic mass is 10.1. The molecule has 0 aliphatic rings. The predicted molar refractivity (Wildman–Crippen MR) is 143 cm³/mol. The van der Waals surface area contributed by atoms with Gasteiger partial charge in [0, 0.05) is 18.4 Å². The van der Waals surface area contributed by atoms with E-state index < -0.39 is 48.2 Å². The molecule has 7 N–H and O–H groups in total. The molecule has 0 fully saturated rings. The molecule has 0 amide bonds. The fourth-order valence-corrected chi connectivity index (χ4v) is 3.27. The zero-order valence-electron chi connectivity index (χ0n) is 22.3.